The Morgan fingerprint density at radius 1 is 1.26 bits per heavy atom. The van der Waals surface area contributed by atoms with E-state index < -0.39 is 0 Å². The number of hydrogen-bond acceptors (Lipinski definition) is 2. The smallest absolute Gasteiger partial charge is 0.151 e. The SMILES string of the molecule is CC(C)CCN(CC(=O)Cc1ccccc1)C1CC1. The van der Waals surface area contributed by atoms with Crippen LogP contribution in [0.4, 0.5) is 0 Å². The number of rotatable bonds is 8. The van der Waals surface area contributed by atoms with Crippen molar-refractivity contribution >= 4 is 5.78 Å². The van der Waals surface area contributed by atoms with Crippen molar-refractivity contribution in [3.8, 4) is 0 Å². The molecule has 104 valence electrons. The largest absolute Gasteiger partial charge is 0.298 e. The molecule has 19 heavy (non-hydrogen) atoms. The van der Waals surface area contributed by atoms with Crippen LogP contribution in [0.15, 0.2) is 30.3 Å². The molecule has 0 aliphatic heterocycles. The number of benzene rings is 1. The molecule has 1 saturated carbocycles. The van der Waals surface area contributed by atoms with E-state index in [4.69, 9.17) is 0 Å². The summed E-state index contributed by atoms with van der Waals surface area (Å²) >= 11 is 0. The molecule has 0 N–H and O–H groups in total. The van der Waals surface area contributed by atoms with E-state index >= 15 is 0 Å². The van der Waals surface area contributed by atoms with Gasteiger partial charge in [-0.25, -0.2) is 0 Å². The first-order valence-corrected chi connectivity index (χ1v) is 7.45. The summed E-state index contributed by atoms with van der Waals surface area (Å²) in [5.74, 6) is 1.06. The van der Waals surface area contributed by atoms with E-state index in [2.05, 4.69) is 18.7 Å². The van der Waals surface area contributed by atoms with Gasteiger partial charge in [0.25, 0.3) is 0 Å². The molecule has 0 radical (unpaired) electrons. The van der Waals surface area contributed by atoms with Gasteiger partial charge < -0.3 is 0 Å². The van der Waals surface area contributed by atoms with Gasteiger partial charge in [-0.3, -0.25) is 9.69 Å². The number of nitrogens with zero attached hydrogens (tertiary/aromatic N) is 1. The Morgan fingerprint density at radius 3 is 2.53 bits per heavy atom. The van der Waals surface area contributed by atoms with Gasteiger partial charge in [0.2, 0.25) is 0 Å². The summed E-state index contributed by atoms with van der Waals surface area (Å²) in [6, 6.07) is 10.7. The molecule has 0 heterocycles. The molecule has 2 rings (SSSR count). The molecule has 1 aromatic carbocycles. The molecule has 1 aliphatic rings. The fraction of sp³-hybridized carbons (Fsp3) is 0.588. The molecule has 0 atom stereocenters. The molecular formula is C17H25NO. The molecule has 0 unspecified atom stereocenters. The normalized spacial score (nSPS) is 15.2. The van der Waals surface area contributed by atoms with Crippen molar-refractivity contribution in [2.45, 2.75) is 45.6 Å². The highest BCUT2D eigenvalue weighted by Gasteiger charge is 2.29. The highest BCUT2D eigenvalue weighted by molar-refractivity contribution is 5.82. The molecule has 0 spiro atoms. The summed E-state index contributed by atoms with van der Waals surface area (Å²) in [5.41, 5.74) is 1.13. The number of ketones is 1. The third-order valence-corrected chi connectivity index (χ3v) is 3.68. The average Bonchev–Trinajstić information content (AvgIpc) is 3.19. The molecule has 0 saturated heterocycles. The van der Waals surface area contributed by atoms with Crippen LogP contribution in [-0.4, -0.2) is 29.8 Å². The number of Topliss-reactive ketones (excluding diaryl/α,β-unsaturated/α-hetero) is 1. The van der Waals surface area contributed by atoms with Gasteiger partial charge in [0.1, 0.15) is 0 Å². The summed E-state index contributed by atoms with van der Waals surface area (Å²) in [6.45, 7) is 6.20. The molecule has 0 bridgehead atoms. The maximum Gasteiger partial charge on any atom is 0.151 e. The van der Waals surface area contributed by atoms with Crippen LogP contribution in [0.3, 0.4) is 0 Å². The third kappa shape index (κ3) is 5.15. The van der Waals surface area contributed by atoms with Gasteiger partial charge in [-0.1, -0.05) is 44.2 Å². The summed E-state index contributed by atoms with van der Waals surface area (Å²) in [4.78, 5) is 14.6. The predicted molar refractivity (Wildman–Crippen MR) is 79.2 cm³/mol. The maximum atomic E-state index is 12.2. The Morgan fingerprint density at radius 2 is 1.95 bits per heavy atom. The minimum absolute atomic E-state index is 0.349. The van der Waals surface area contributed by atoms with Crippen molar-refractivity contribution < 1.29 is 4.79 Å². The lowest BCUT2D eigenvalue weighted by Crippen LogP contribution is -2.34. The van der Waals surface area contributed by atoms with Gasteiger partial charge in [0.15, 0.2) is 5.78 Å². The number of carbonyl (C=O) groups is 1. The van der Waals surface area contributed by atoms with Crippen LogP contribution < -0.4 is 0 Å². The van der Waals surface area contributed by atoms with Crippen molar-refractivity contribution in [1.82, 2.24) is 4.90 Å². The summed E-state index contributed by atoms with van der Waals surface area (Å²) in [5, 5.41) is 0. The summed E-state index contributed by atoms with van der Waals surface area (Å²) in [6.07, 6.45) is 4.31. The van der Waals surface area contributed by atoms with Crippen LogP contribution >= 0.6 is 0 Å². The lowest BCUT2D eigenvalue weighted by atomic mass is 10.1. The molecule has 2 nitrogen and oxygen atoms in total. The van der Waals surface area contributed by atoms with E-state index in [0.717, 1.165) is 12.1 Å². The van der Waals surface area contributed by atoms with E-state index in [1.54, 1.807) is 0 Å². The lowest BCUT2D eigenvalue weighted by molar-refractivity contribution is -0.119. The molecule has 0 amide bonds. The van der Waals surface area contributed by atoms with Crippen LogP contribution in [0.1, 0.15) is 38.7 Å². The predicted octanol–water partition coefficient (Wildman–Crippen LogP) is 3.31. The Bertz CT molecular complexity index is 395. The fourth-order valence-corrected chi connectivity index (χ4v) is 2.36. The average molecular weight is 259 g/mol. The lowest BCUT2D eigenvalue weighted by Gasteiger charge is -2.22. The van der Waals surface area contributed by atoms with E-state index in [9.17, 15) is 4.79 Å². The maximum absolute atomic E-state index is 12.2. The minimum atomic E-state index is 0.349. The Labute approximate surface area is 116 Å². The Balaban J connectivity index is 1.81. The van der Waals surface area contributed by atoms with Crippen molar-refractivity contribution in [3.05, 3.63) is 35.9 Å². The minimum Gasteiger partial charge on any atom is -0.298 e. The van der Waals surface area contributed by atoms with Gasteiger partial charge in [0, 0.05) is 12.5 Å². The molecule has 1 aromatic rings. The fourth-order valence-electron chi connectivity index (χ4n) is 2.36. The van der Waals surface area contributed by atoms with Crippen molar-refractivity contribution in [2.75, 3.05) is 13.1 Å². The number of hydrogen-bond donors (Lipinski definition) is 0. The van der Waals surface area contributed by atoms with E-state index in [-0.39, 0.29) is 0 Å². The Kier molecular flexibility index (Phi) is 5.15. The molecule has 1 fully saturated rings. The zero-order valence-electron chi connectivity index (χ0n) is 12.1. The number of carbonyl (C=O) groups excluding carboxylic acids is 1. The topological polar surface area (TPSA) is 20.3 Å². The Hall–Kier alpha value is -1.15. The van der Waals surface area contributed by atoms with E-state index in [1.807, 2.05) is 30.3 Å². The second-order valence-corrected chi connectivity index (χ2v) is 6.09. The highest BCUT2D eigenvalue weighted by atomic mass is 16.1. The zero-order valence-corrected chi connectivity index (χ0v) is 12.1. The zero-order chi connectivity index (χ0) is 13.7. The van der Waals surface area contributed by atoms with E-state index in [0.29, 0.717) is 30.7 Å². The quantitative estimate of drug-likeness (QED) is 0.714. The molecule has 0 aromatic heterocycles. The first kappa shape index (κ1) is 14.3. The van der Waals surface area contributed by atoms with E-state index in [1.165, 1.54) is 19.3 Å². The second kappa shape index (κ2) is 6.85. The summed E-state index contributed by atoms with van der Waals surface area (Å²) in [7, 11) is 0. The van der Waals surface area contributed by atoms with Crippen LogP contribution in [0, 0.1) is 5.92 Å². The molecule has 2 heteroatoms. The van der Waals surface area contributed by atoms with Crippen molar-refractivity contribution in [2.24, 2.45) is 5.92 Å². The standard InChI is InChI=1S/C17H25NO/c1-14(2)10-11-18(16-8-9-16)13-17(19)12-15-6-4-3-5-7-15/h3-7,14,16H,8-13H2,1-2H3. The first-order valence-electron chi connectivity index (χ1n) is 7.45. The first-order chi connectivity index (χ1) is 9.15. The molecular weight excluding hydrogens is 234 g/mol. The van der Waals surface area contributed by atoms with Crippen molar-refractivity contribution in [1.29, 1.82) is 0 Å². The third-order valence-electron chi connectivity index (χ3n) is 3.68. The van der Waals surface area contributed by atoms with Gasteiger partial charge in [-0.15, -0.1) is 0 Å². The second-order valence-electron chi connectivity index (χ2n) is 6.09. The monoisotopic (exact) mass is 259 g/mol. The van der Waals surface area contributed by atoms with Crippen molar-refractivity contribution in [3.63, 3.8) is 0 Å². The van der Waals surface area contributed by atoms with Gasteiger partial charge in [-0.05, 0) is 37.3 Å². The van der Waals surface area contributed by atoms with Gasteiger partial charge in [0.05, 0.1) is 6.54 Å². The summed E-state index contributed by atoms with van der Waals surface area (Å²) < 4.78 is 0. The van der Waals surface area contributed by atoms with Crippen LogP contribution in [-0.2, 0) is 11.2 Å². The van der Waals surface area contributed by atoms with Gasteiger partial charge in [-0.2, -0.15) is 0 Å². The van der Waals surface area contributed by atoms with Crippen LogP contribution in [0.25, 0.3) is 0 Å². The van der Waals surface area contributed by atoms with Crippen LogP contribution in [0.5, 0.6) is 0 Å². The molecule has 1 aliphatic carbocycles. The van der Waals surface area contributed by atoms with Gasteiger partial charge >= 0.3 is 0 Å². The van der Waals surface area contributed by atoms with Crippen LogP contribution in [0.2, 0.25) is 0 Å². The highest BCUT2D eigenvalue weighted by Crippen LogP contribution is 2.27.